The first-order valence-electron chi connectivity index (χ1n) is 9.49. The molecule has 0 fully saturated rings. The maximum atomic E-state index is 12.3. The van der Waals surface area contributed by atoms with Gasteiger partial charge in [0.05, 0.1) is 5.41 Å². The van der Waals surface area contributed by atoms with E-state index >= 15 is 0 Å². The number of carbonyl (C=O) groups excluding carboxylic acids is 1. The summed E-state index contributed by atoms with van der Waals surface area (Å²) in [6.45, 7) is -2.71. The number of nitrogens with one attached hydrogen (secondary N) is 2. The highest BCUT2D eigenvalue weighted by Gasteiger charge is 2.09. The van der Waals surface area contributed by atoms with E-state index in [0.717, 1.165) is 11.0 Å². The van der Waals surface area contributed by atoms with E-state index in [9.17, 15) is 22.0 Å². The lowest BCUT2D eigenvalue weighted by Crippen LogP contribution is -2.22. The van der Waals surface area contributed by atoms with Crippen molar-refractivity contribution >= 4 is 27.7 Å². The van der Waals surface area contributed by atoms with Gasteiger partial charge in [0.2, 0.25) is 0 Å². The average molecular weight is 458 g/mol. The van der Waals surface area contributed by atoms with Gasteiger partial charge in [0.15, 0.2) is 0 Å². The number of halogens is 2. The van der Waals surface area contributed by atoms with Gasteiger partial charge in [-0.05, 0) is 53.6 Å². The molecule has 32 heavy (non-hydrogen) atoms. The molecule has 0 aromatic heterocycles. The molecular formula is C23H20F2N2O4S. The SMILES string of the molecule is O=C(NCc1ccc(OC(F)F)cc1)c1ccc(NS(=O)(=O)/C=C/c2ccccc2)cc1. The molecule has 0 saturated heterocycles. The Morgan fingerprint density at radius 1 is 0.938 bits per heavy atom. The summed E-state index contributed by atoms with van der Waals surface area (Å²) >= 11 is 0. The average Bonchev–Trinajstić information content (AvgIpc) is 2.78. The Morgan fingerprint density at radius 3 is 2.22 bits per heavy atom. The minimum atomic E-state index is -3.71. The lowest BCUT2D eigenvalue weighted by Gasteiger charge is -2.09. The van der Waals surface area contributed by atoms with Gasteiger partial charge in [-0.3, -0.25) is 9.52 Å². The fourth-order valence-corrected chi connectivity index (χ4v) is 3.56. The van der Waals surface area contributed by atoms with Crippen molar-refractivity contribution in [1.82, 2.24) is 5.32 Å². The van der Waals surface area contributed by atoms with Gasteiger partial charge in [-0.2, -0.15) is 8.78 Å². The molecule has 0 aliphatic heterocycles. The van der Waals surface area contributed by atoms with Gasteiger partial charge < -0.3 is 10.1 Å². The summed E-state index contributed by atoms with van der Waals surface area (Å²) in [6.07, 6.45) is 1.48. The third-order valence-electron chi connectivity index (χ3n) is 4.25. The normalized spacial score (nSPS) is 11.5. The maximum absolute atomic E-state index is 12.3. The highest BCUT2D eigenvalue weighted by molar-refractivity contribution is 7.95. The van der Waals surface area contributed by atoms with Crippen molar-refractivity contribution in [3.63, 3.8) is 0 Å². The lowest BCUT2D eigenvalue weighted by molar-refractivity contribution is -0.0498. The van der Waals surface area contributed by atoms with E-state index in [0.29, 0.717) is 16.8 Å². The summed E-state index contributed by atoms with van der Waals surface area (Å²) < 4.78 is 55.4. The highest BCUT2D eigenvalue weighted by atomic mass is 32.2. The van der Waals surface area contributed by atoms with Gasteiger partial charge >= 0.3 is 6.61 Å². The van der Waals surface area contributed by atoms with Crippen molar-refractivity contribution in [2.75, 3.05) is 4.72 Å². The molecule has 3 aromatic rings. The number of anilines is 1. The number of ether oxygens (including phenoxy) is 1. The van der Waals surface area contributed by atoms with Crippen LogP contribution in [0.1, 0.15) is 21.5 Å². The van der Waals surface area contributed by atoms with Crippen molar-refractivity contribution in [2.45, 2.75) is 13.2 Å². The van der Waals surface area contributed by atoms with Crippen molar-refractivity contribution in [3.8, 4) is 5.75 Å². The molecule has 0 bridgehead atoms. The van der Waals surface area contributed by atoms with Crippen LogP contribution in [-0.4, -0.2) is 20.9 Å². The summed E-state index contributed by atoms with van der Waals surface area (Å²) in [4.78, 5) is 12.3. The fraction of sp³-hybridized carbons (Fsp3) is 0.0870. The van der Waals surface area contributed by atoms with E-state index in [-0.39, 0.29) is 18.2 Å². The van der Waals surface area contributed by atoms with Crippen molar-refractivity contribution in [3.05, 3.63) is 101 Å². The summed E-state index contributed by atoms with van der Waals surface area (Å²) in [5.74, 6) is -0.331. The van der Waals surface area contributed by atoms with E-state index < -0.39 is 16.6 Å². The fourth-order valence-electron chi connectivity index (χ4n) is 2.69. The van der Waals surface area contributed by atoms with Crippen molar-refractivity contribution in [2.24, 2.45) is 0 Å². The molecule has 0 atom stereocenters. The van der Waals surface area contributed by atoms with E-state index in [1.165, 1.54) is 42.5 Å². The molecule has 0 saturated carbocycles. The minimum absolute atomic E-state index is 0.0340. The molecule has 3 aromatic carbocycles. The number of carbonyl (C=O) groups is 1. The molecule has 3 rings (SSSR count). The molecule has 6 nitrogen and oxygen atoms in total. The Bertz CT molecular complexity index is 1160. The van der Waals surface area contributed by atoms with E-state index in [4.69, 9.17) is 0 Å². The highest BCUT2D eigenvalue weighted by Crippen LogP contribution is 2.16. The van der Waals surface area contributed by atoms with Gasteiger partial charge in [0, 0.05) is 17.8 Å². The van der Waals surface area contributed by atoms with Crippen LogP contribution in [0.5, 0.6) is 5.75 Å². The van der Waals surface area contributed by atoms with Crippen LogP contribution in [0.4, 0.5) is 14.5 Å². The molecule has 0 unspecified atom stereocenters. The number of hydrogen-bond acceptors (Lipinski definition) is 4. The van der Waals surface area contributed by atoms with Crippen molar-refractivity contribution in [1.29, 1.82) is 0 Å². The number of benzene rings is 3. The quantitative estimate of drug-likeness (QED) is 0.490. The molecule has 0 aliphatic carbocycles. The zero-order valence-electron chi connectivity index (χ0n) is 16.7. The van der Waals surface area contributed by atoms with Crippen LogP contribution in [-0.2, 0) is 16.6 Å². The molecule has 0 heterocycles. The number of rotatable bonds is 9. The van der Waals surface area contributed by atoms with Crippen LogP contribution < -0.4 is 14.8 Å². The van der Waals surface area contributed by atoms with E-state index in [2.05, 4.69) is 14.8 Å². The molecule has 9 heteroatoms. The van der Waals surface area contributed by atoms with Crippen molar-refractivity contribution < 1.29 is 26.7 Å². The summed E-state index contributed by atoms with van der Waals surface area (Å²) in [5, 5.41) is 3.77. The third kappa shape index (κ3) is 7.21. The van der Waals surface area contributed by atoms with Crippen LogP contribution in [0.3, 0.4) is 0 Å². The molecular weight excluding hydrogens is 438 g/mol. The topological polar surface area (TPSA) is 84.5 Å². The largest absolute Gasteiger partial charge is 0.435 e. The Labute approximate surface area is 184 Å². The predicted octanol–water partition coefficient (Wildman–Crippen LogP) is 4.63. The van der Waals surface area contributed by atoms with Gasteiger partial charge in [-0.1, -0.05) is 42.5 Å². The molecule has 0 radical (unpaired) electrons. The second kappa shape index (κ2) is 10.5. The van der Waals surface area contributed by atoms with Crippen LogP contribution in [0.25, 0.3) is 6.08 Å². The van der Waals surface area contributed by atoms with Gasteiger partial charge in [-0.15, -0.1) is 0 Å². The summed E-state index contributed by atoms with van der Waals surface area (Å²) in [6, 6.07) is 20.9. The monoisotopic (exact) mass is 458 g/mol. The smallest absolute Gasteiger partial charge is 0.387 e. The molecule has 2 N–H and O–H groups in total. The first-order valence-corrected chi connectivity index (χ1v) is 11.0. The molecule has 0 aliphatic rings. The number of alkyl halides is 2. The Kier molecular flexibility index (Phi) is 7.56. The zero-order chi connectivity index (χ0) is 23.0. The summed E-state index contributed by atoms with van der Waals surface area (Å²) in [5.41, 5.74) is 2.11. The molecule has 1 amide bonds. The van der Waals surface area contributed by atoms with Gasteiger partial charge in [0.25, 0.3) is 15.9 Å². The van der Waals surface area contributed by atoms with E-state index in [1.54, 1.807) is 36.4 Å². The first kappa shape index (κ1) is 23.0. The van der Waals surface area contributed by atoms with Crippen LogP contribution >= 0.6 is 0 Å². The van der Waals surface area contributed by atoms with Crippen LogP contribution in [0.15, 0.2) is 84.3 Å². The Balaban J connectivity index is 1.54. The molecule has 166 valence electrons. The molecule has 0 spiro atoms. The number of hydrogen-bond donors (Lipinski definition) is 2. The third-order valence-corrected chi connectivity index (χ3v) is 5.26. The van der Waals surface area contributed by atoms with Gasteiger partial charge in [-0.25, -0.2) is 8.42 Å². The minimum Gasteiger partial charge on any atom is -0.435 e. The zero-order valence-corrected chi connectivity index (χ0v) is 17.6. The lowest BCUT2D eigenvalue weighted by atomic mass is 10.2. The maximum Gasteiger partial charge on any atom is 0.387 e. The number of sulfonamides is 1. The second-order valence-electron chi connectivity index (χ2n) is 6.64. The van der Waals surface area contributed by atoms with Gasteiger partial charge in [0.1, 0.15) is 5.75 Å². The van der Waals surface area contributed by atoms with E-state index in [1.807, 2.05) is 6.07 Å². The second-order valence-corrected chi connectivity index (χ2v) is 8.21. The Morgan fingerprint density at radius 2 is 1.59 bits per heavy atom. The standard InChI is InChI=1S/C23H20F2N2O4S/c24-23(25)31-21-12-6-18(7-13-21)16-26-22(28)19-8-10-20(11-9-19)27-32(29,30)15-14-17-4-2-1-3-5-17/h1-15,23,27H,16H2,(H,26,28)/b15-14+. The van der Waals surface area contributed by atoms with Crippen LogP contribution in [0.2, 0.25) is 0 Å². The first-order chi connectivity index (χ1) is 15.3. The Hall–Kier alpha value is -3.72. The predicted molar refractivity (Wildman–Crippen MR) is 119 cm³/mol. The van der Waals surface area contributed by atoms with Crippen LogP contribution in [0, 0.1) is 0 Å². The number of amides is 1. The summed E-state index contributed by atoms with van der Waals surface area (Å²) in [7, 11) is -3.71.